The highest BCUT2D eigenvalue weighted by molar-refractivity contribution is 7.89. The number of para-hydroxylation sites is 1. The number of hydrogen-bond donors (Lipinski definition) is 1. The fourth-order valence-electron chi connectivity index (χ4n) is 2.48. The molecule has 1 aromatic carbocycles. The van der Waals surface area contributed by atoms with Crippen molar-refractivity contribution in [1.82, 2.24) is 9.62 Å². The predicted molar refractivity (Wildman–Crippen MR) is 81.6 cm³/mol. The van der Waals surface area contributed by atoms with Crippen LogP contribution in [0.5, 0.6) is 0 Å². The van der Waals surface area contributed by atoms with Gasteiger partial charge in [-0.3, -0.25) is 0 Å². The summed E-state index contributed by atoms with van der Waals surface area (Å²) in [6, 6.07) is 7.23. The van der Waals surface area contributed by atoms with Gasteiger partial charge in [-0.05, 0) is 26.0 Å². The topological polar surface area (TPSA) is 52.7 Å². The van der Waals surface area contributed by atoms with E-state index in [9.17, 15) is 8.42 Å². The van der Waals surface area contributed by atoms with Crippen molar-refractivity contribution in [3.05, 3.63) is 24.3 Å². The van der Waals surface area contributed by atoms with Crippen molar-refractivity contribution >= 4 is 15.7 Å². The van der Waals surface area contributed by atoms with Crippen LogP contribution in [-0.2, 0) is 10.0 Å². The van der Waals surface area contributed by atoms with E-state index in [1.807, 2.05) is 12.1 Å². The fraction of sp³-hybridized carbons (Fsp3) is 0.571. The Labute approximate surface area is 121 Å². The van der Waals surface area contributed by atoms with Crippen LogP contribution < -0.4 is 10.2 Å². The maximum Gasteiger partial charge on any atom is 0.244 e. The van der Waals surface area contributed by atoms with Gasteiger partial charge < -0.3 is 10.2 Å². The summed E-state index contributed by atoms with van der Waals surface area (Å²) in [6.07, 6.45) is 0. The summed E-state index contributed by atoms with van der Waals surface area (Å²) in [6.45, 7) is 6.70. The van der Waals surface area contributed by atoms with E-state index in [0.717, 1.165) is 25.3 Å². The number of sulfonamides is 1. The third kappa shape index (κ3) is 2.97. The lowest BCUT2D eigenvalue weighted by Gasteiger charge is -2.41. The zero-order valence-corrected chi connectivity index (χ0v) is 13.4. The summed E-state index contributed by atoms with van der Waals surface area (Å²) in [5, 5.41) is 3.44. The average molecular weight is 297 g/mol. The van der Waals surface area contributed by atoms with Gasteiger partial charge in [0.25, 0.3) is 0 Å². The molecule has 0 bridgehead atoms. The molecule has 6 heteroatoms. The molecule has 20 heavy (non-hydrogen) atoms. The quantitative estimate of drug-likeness (QED) is 0.908. The van der Waals surface area contributed by atoms with E-state index in [0.29, 0.717) is 4.90 Å². The Kier molecular flexibility index (Phi) is 4.09. The summed E-state index contributed by atoms with van der Waals surface area (Å²) < 4.78 is 26.1. The molecule has 0 aliphatic carbocycles. The first kappa shape index (κ1) is 15.3. The highest BCUT2D eigenvalue weighted by Gasteiger charge is 2.29. The highest BCUT2D eigenvalue weighted by atomic mass is 32.2. The van der Waals surface area contributed by atoms with Gasteiger partial charge in [-0.15, -0.1) is 0 Å². The summed E-state index contributed by atoms with van der Waals surface area (Å²) in [4.78, 5) is 2.52. The van der Waals surface area contributed by atoms with Gasteiger partial charge in [0.1, 0.15) is 4.90 Å². The minimum atomic E-state index is -3.42. The van der Waals surface area contributed by atoms with Crippen molar-refractivity contribution in [2.45, 2.75) is 24.3 Å². The predicted octanol–water partition coefficient (Wildman–Crippen LogP) is 1.13. The molecule has 1 aromatic rings. The van der Waals surface area contributed by atoms with Crippen LogP contribution in [0.2, 0.25) is 0 Å². The number of rotatable bonds is 3. The Hall–Kier alpha value is -1.11. The first-order chi connectivity index (χ1) is 9.24. The SMILES string of the molecule is CN(C)S(=O)(=O)c1ccccc1N1CCNC(C)(C)C1. The second kappa shape index (κ2) is 5.35. The number of nitrogens with one attached hydrogen (secondary N) is 1. The molecule has 1 heterocycles. The number of benzene rings is 1. The number of piperazine rings is 1. The van der Waals surface area contributed by atoms with Crippen LogP contribution in [0, 0.1) is 0 Å². The van der Waals surface area contributed by atoms with Crippen LogP contribution in [0.3, 0.4) is 0 Å². The smallest absolute Gasteiger partial charge is 0.244 e. The third-order valence-electron chi connectivity index (χ3n) is 3.54. The zero-order valence-electron chi connectivity index (χ0n) is 12.5. The Morgan fingerprint density at radius 3 is 2.50 bits per heavy atom. The van der Waals surface area contributed by atoms with E-state index < -0.39 is 10.0 Å². The largest absolute Gasteiger partial charge is 0.367 e. The lowest BCUT2D eigenvalue weighted by atomic mass is 10.0. The fourth-order valence-corrected chi connectivity index (χ4v) is 3.59. The molecule has 0 spiro atoms. The normalized spacial score (nSPS) is 19.4. The first-order valence-electron chi connectivity index (χ1n) is 6.75. The lowest BCUT2D eigenvalue weighted by molar-refractivity contribution is 0.352. The molecular formula is C14H23N3O2S. The van der Waals surface area contributed by atoms with Gasteiger partial charge in [0.15, 0.2) is 0 Å². The molecule has 0 amide bonds. The Morgan fingerprint density at radius 1 is 1.25 bits per heavy atom. The van der Waals surface area contributed by atoms with Gasteiger partial charge in [-0.1, -0.05) is 12.1 Å². The van der Waals surface area contributed by atoms with Crippen LogP contribution in [-0.4, -0.2) is 52.0 Å². The molecule has 0 unspecified atom stereocenters. The number of hydrogen-bond acceptors (Lipinski definition) is 4. The molecule has 1 fully saturated rings. The van der Waals surface area contributed by atoms with Crippen molar-refractivity contribution in [3.63, 3.8) is 0 Å². The standard InChI is InChI=1S/C14H23N3O2S/c1-14(2)11-17(10-9-15-14)12-7-5-6-8-13(12)20(18,19)16(3)4/h5-8,15H,9-11H2,1-4H3. The lowest BCUT2D eigenvalue weighted by Crippen LogP contribution is -2.57. The second-order valence-corrected chi connectivity index (χ2v) is 8.11. The molecule has 1 aliphatic heterocycles. The van der Waals surface area contributed by atoms with Crippen molar-refractivity contribution in [2.75, 3.05) is 38.6 Å². The summed E-state index contributed by atoms with van der Waals surface area (Å²) in [7, 11) is -0.296. The maximum absolute atomic E-state index is 12.4. The van der Waals surface area contributed by atoms with Gasteiger partial charge in [0.2, 0.25) is 10.0 Å². The van der Waals surface area contributed by atoms with Crippen molar-refractivity contribution in [2.24, 2.45) is 0 Å². The van der Waals surface area contributed by atoms with Gasteiger partial charge in [0, 0.05) is 39.3 Å². The Bertz CT molecular complexity index is 582. The van der Waals surface area contributed by atoms with E-state index in [-0.39, 0.29) is 5.54 Å². The Morgan fingerprint density at radius 2 is 1.90 bits per heavy atom. The van der Waals surface area contributed by atoms with Crippen molar-refractivity contribution < 1.29 is 8.42 Å². The summed E-state index contributed by atoms with van der Waals surface area (Å²) in [5.74, 6) is 0. The minimum Gasteiger partial charge on any atom is -0.367 e. The van der Waals surface area contributed by atoms with Crippen molar-refractivity contribution in [3.8, 4) is 0 Å². The summed E-state index contributed by atoms with van der Waals surface area (Å²) in [5.41, 5.74) is 0.767. The molecule has 5 nitrogen and oxygen atoms in total. The van der Waals surface area contributed by atoms with Crippen LogP contribution in [0.1, 0.15) is 13.8 Å². The molecule has 1 N–H and O–H groups in total. The minimum absolute atomic E-state index is 0.0206. The monoisotopic (exact) mass is 297 g/mol. The molecule has 2 rings (SSSR count). The molecule has 0 saturated carbocycles. The van der Waals surface area contributed by atoms with E-state index in [4.69, 9.17) is 0 Å². The number of anilines is 1. The van der Waals surface area contributed by atoms with Crippen LogP contribution in [0.25, 0.3) is 0 Å². The van der Waals surface area contributed by atoms with Crippen LogP contribution in [0.4, 0.5) is 5.69 Å². The molecule has 1 saturated heterocycles. The molecule has 1 aliphatic rings. The van der Waals surface area contributed by atoms with E-state index in [2.05, 4.69) is 24.1 Å². The number of nitrogens with zero attached hydrogens (tertiary/aromatic N) is 2. The first-order valence-corrected chi connectivity index (χ1v) is 8.20. The van der Waals surface area contributed by atoms with E-state index in [1.54, 1.807) is 26.2 Å². The molecule has 112 valence electrons. The van der Waals surface area contributed by atoms with E-state index >= 15 is 0 Å². The maximum atomic E-state index is 12.4. The van der Waals surface area contributed by atoms with Gasteiger partial charge in [-0.2, -0.15) is 0 Å². The third-order valence-corrected chi connectivity index (χ3v) is 5.40. The van der Waals surface area contributed by atoms with Crippen LogP contribution >= 0.6 is 0 Å². The van der Waals surface area contributed by atoms with Gasteiger partial charge in [-0.25, -0.2) is 12.7 Å². The summed E-state index contributed by atoms with van der Waals surface area (Å²) >= 11 is 0. The van der Waals surface area contributed by atoms with E-state index in [1.165, 1.54) is 4.31 Å². The van der Waals surface area contributed by atoms with Crippen molar-refractivity contribution in [1.29, 1.82) is 0 Å². The molecule has 0 atom stereocenters. The Balaban J connectivity index is 2.43. The van der Waals surface area contributed by atoms with Gasteiger partial charge >= 0.3 is 0 Å². The second-order valence-electron chi connectivity index (χ2n) is 5.99. The molecule has 0 aromatic heterocycles. The average Bonchev–Trinajstić information content (AvgIpc) is 2.37. The van der Waals surface area contributed by atoms with Gasteiger partial charge in [0.05, 0.1) is 5.69 Å². The van der Waals surface area contributed by atoms with Crippen LogP contribution in [0.15, 0.2) is 29.2 Å². The zero-order chi connectivity index (χ0) is 15.0. The molecular weight excluding hydrogens is 274 g/mol. The highest BCUT2D eigenvalue weighted by Crippen LogP contribution is 2.28. The molecule has 0 radical (unpaired) electrons.